The van der Waals surface area contributed by atoms with Crippen LogP contribution >= 0.6 is 31.9 Å². The molecule has 3 aromatic carbocycles. The third-order valence-electron chi connectivity index (χ3n) is 4.22. The lowest BCUT2D eigenvalue weighted by molar-refractivity contribution is -0.131. The van der Waals surface area contributed by atoms with E-state index >= 15 is 0 Å². The Morgan fingerprint density at radius 3 is 2.37 bits per heavy atom. The number of methoxy groups -OCH3 is 1. The predicted octanol–water partition coefficient (Wildman–Crippen LogP) is 6.22. The van der Waals surface area contributed by atoms with Gasteiger partial charge in [-0.15, -0.1) is 0 Å². The van der Waals surface area contributed by atoms with Crippen molar-refractivity contribution in [2.45, 2.75) is 12.3 Å². The number of rotatable bonds is 3. The molecule has 0 N–H and O–H groups in total. The molecule has 0 fully saturated rings. The van der Waals surface area contributed by atoms with Gasteiger partial charge in [0.05, 0.1) is 7.11 Å². The zero-order chi connectivity index (χ0) is 21.7. The smallest absolute Gasteiger partial charge is 0.336 e. The molecule has 0 saturated heterocycles. The van der Waals surface area contributed by atoms with Crippen LogP contribution in [0.1, 0.15) is 12.5 Å². The van der Waals surface area contributed by atoms with Crippen LogP contribution in [0.25, 0.3) is 21.7 Å². The summed E-state index contributed by atoms with van der Waals surface area (Å²) in [5.41, 5.74) is 1.13. The van der Waals surface area contributed by atoms with Crippen molar-refractivity contribution >= 4 is 59.6 Å². The van der Waals surface area contributed by atoms with Crippen LogP contribution in [0.4, 0.5) is 0 Å². The van der Waals surface area contributed by atoms with Gasteiger partial charge in [-0.05, 0) is 52.7 Å². The summed E-state index contributed by atoms with van der Waals surface area (Å²) in [5, 5.41) is 3.71. The van der Waals surface area contributed by atoms with Gasteiger partial charge in [0.25, 0.3) is 0 Å². The number of ether oxygens (including phenoxy) is 2. The number of halogens is 2. The highest BCUT2D eigenvalue weighted by Gasteiger charge is 2.05. The van der Waals surface area contributed by atoms with Gasteiger partial charge in [0.15, 0.2) is 0 Å². The fourth-order valence-electron chi connectivity index (χ4n) is 2.87. The number of hydrogen-bond donors (Lipinski definition) is 0. The van der Waals surface area contributed by atoms with Crippen LogP contribution in [0.3, 0.4) is 0 Å². The second-order valence-corrected chi connectivity index (χ2v) is 7.81. The van der Waals surface area contributed by atoms with Crippen LogP contribution < -0.4 is 15.1 Å². The van der Waals surface area contributed by atoms with Gasteiger partial charge in [-0.2, -0.15) is 0 Å². The Hall–Kier alpha value is -2.64. The summed E-state index contributed by atoms with van der Waals surface area (Å²) in [7, 11) is 1.58. The molecule has 4 aromatic rings. The minimum Gasteiger partial charge on any atom is -0.497 e. The summed E-state index contributed by atoms with van der Waals surface area (Å²) in [6, 6.07) is 18.4. The molecular weight excluding hydrogens is 516 g/mol. The van der Waals surface area contributed by atoms with Crippen molar-refractivity contribution in [1.82, 2.24) is 0 Å². The Kier molecular flexibility index (Phi) is 7.29. The van der Waals surface area contributed by atoms with Gasteiger partial charge in [0, 0.05) is 34.2 Å². The maximum absolute atomic E-state index is 11.2. The lowest BCUT2D eigenvalue weighted by atomic mass is 10.1. The van der Waals surface area contributed by atoms with Crippen molar-refractivity contribution in [2.24, 2.45) is 0 Å². The Morgan fingerprint density at radius 2 is 1.67 bits per heavy atom. The van der Waals surface area contributed by atoms with Crippen LogP contribution in [0.2, 0.25) is 0 Å². The molecule has 0 bridgehead atoms. The molecule has 0 aliphatic heterocycles. The van der Waals surface area contributed by atoms with Crippen LogP contribution in [-0.2, 0) is 10.1 Å². The zero-order valence-electron chi connectivity index (χ0n) is 16.3. The van der Waals surface area contributed by atoms with Gasteiger partial charge in [0.1, 0.15) is 17.1 Å². The summed E-state index contributed by atoms with van der Waals surface area (Å²) in [5.74, 6) is 0.959. The van der Waals surface area contributed by atoms with E-state index in [0.29, 0.717) is 22.4 Å². The molecule has 30 heavy (non-hydrogen) atoms. The van der Waals surface area contributed by atoms with Gasteiger partial charge in [-0.3, -0.25) is 4.79 Å². The van der Waals surface area contributed by atoms with Crippen molar-refractivity contribution in [3.05, 3.63) is 81.1 Å². The molecule has 1 heterocycles. The first kappa shape index (κ1) is 22.1. The first-order chi connectivity index (χ1) is 14.4. The van der Waals surface area contributed by atoms with Crippen LogP contribution in [0.15, 0.2) is 74.3 Å². The van der Waals surface area contributed by atoms with Gasteiger partial charge in [-0.1, -0.05) is 44.0 Å². The molecule has 0 unspecified atom stereocenters. The summed E-state index contributed by atoms with van der Waals surface area (Å²) in [4.78, 5) is 22.0. The van der Waals surface area contributed by atoms with Crippen molar-refractivity contribution in [3.8, 4) is 11.5 Å². The Balaban J connectivity index is 0.000000171. The number of esters is 1. The lowest BCUT2D eigenvalue weighted by Gasteiger charge is -2.04. The Labute approximate surface area is 189 Å². The molecular formula is C23H18Br2O5. The maximum atomic E-state index is 11.2. The molecule has 0 saturated carbocycles. The van der Waals surface area contributed by atoms with Crippen molar-refractivity contribution in [2.75, 3.05) is 7.11 Å². The van der Waals surface area contributed by atoms with E-state index in [1.165, 1.54) is 13.0 Å². The standard InChI is InChI=1S/C12H9BrO2.C11H9BrO3/c1-8(14)15-12-5-3-9-6-11(13)4-2-10(9)7-12;1-14-8-2-3-9-7(6-12)4-11(13)15-10(9)5-8/h2-7H,1H3;2-5H,6H2,1H3. The molecule has 0 spiro atoms. The highest BCUT2D eigenvalue weighted by Crippen LogP contribution is 2.25. The maximum Gasteiger partial charge on any atom is 0.336 e. The predicted molar refractivity (Wildman–Crippen MR) is 125 cm³/mol. The van der Waals surface area contributed by atoms with Crippen LogP contribution in [0, 0.1) is 0 Å². The van der Waals surface area contributed by atoms with Gasteiger partial charge in [-0.25, -0.2) is 4.79 Å². The fraction of sp³-hybridized carbons (Fsp3) is 0.130. The SMILES string of the molecule is CC(=O)Oc1ccc2cc(Br)ccc2c1.COc1ccc2c(CBr)cc(=O)oc2c1. The first-order valence-electron chi connectivity index (χ1n) is 8.94. The van der Waals surface area contributed by atoms with E-state index in [4.69, 9.17) is 13.9 Å². The average molecular weight is 534 g/mol. The first-order valence-corrected chi connectivity index (χ1v) is 10.9. The molecule has 1 aromatic heterocycles. The molecule has 0 aliphatic rings. The Morgan fingerprint density at radius 1 is 0.967 bits per heavy atom. The zero-order valence-corrected chi connectivity index (χ0v) is 19.4. The van der Waals surface area contributed by atoms with E-state index < -0.39 is 0 Å². The summed E-state index contributed by atoms with van der Waals surface area (Å²) in [6.07, 6.45) is 0. The van der Waals surface area contributed by atoms with Gasteiger partial charge >= 0.3 is 11.6 Å². The summed E-state index contributed by atoms with van der Waals surface area (Å²) < 4.78 is 16.2. The van der Waals surface area contributed by atoms with Gasteiger partial charge in [0.2, 0.25) is 0 Å². The number of fused-ring (bicyclic) bond motifs is 2. The minimum absolute atomic E-state index is 0.300. The Bertz CT molecular complexity index is 1260. The van der Waals surface area contributed by atoms with Crippen LogP contribution in [-0.4, -0.2) is 13.1 Å². The topological polar surface area (TPSA) is 65.7 Å². The fourth-order valence-corrected chi connectivity index (χ4v) is 3.71. The number of benzene rings is 3. The molecule has 0 atom stereocenters. The third-order valence-corrected chi connectivity index (χ3v) is 5.31. The highest BCUT2D eigenvalue weighted by atomic mass is 79.9. The molecule has 0 radical (unpaired) electrons. The average Bonchev–Trinajstić information content (AvgIpc) is 2.72. The van der Waals surface area contributed by atoms with Crippen molar-refractivity contribution in [3.63, 3.8) is 0 Å². The number of carbonyl (C=O) groups excluding carboxylic acids is 1. The van der Waals surface area contributed by atoms with E-state index in [9.17, 15) is 9.59 Å². The highest BCUT2D eigenvalue weighted by molar-refractivity contribution is 9.10. The third kappa shape index (κ3) is 5.49. The lowest BCUT2D eigenvalue weighted by Crippen LogP contribution is -2.00. The number of carbonyl (C=O) groups is 1. The summed E-state index contributed by atoms with van der Waals surface area (Å²) in [6.45, 7) is 1.39. The minimum atomic E-state index is -0.342. The van der Waals surface area contributed by atoms with E-state index in [0.717, 1.165) is 26.2 Å². The molecule has 4 rings (SSSR count). The van der Waals surface area contributed by atoms with E-state index in [1.807, 2.05) is 42.5 Å². The van der Waals surface area contributed by atoms with Crippen molar-refractivity contribution in [1.29, 1.82) is 0 Å². The second kappa shape index (κ2) is 9.91. The largest absolute Gasteiger partial charge is 0.497 e. The molecule has 0 aliphatic carbocycles. The van der Waals surface area contributed by atoms with Crippen LogP contribution in [0.5, 0.6) is 11.5 Å². The second-order valence-electron chi connectivity index (χ2n) is 6.33. The van der Waals surface area contributed by atoms with E-state index in [1.54, 1.807) is 19.2 Å². The van der Waals surface area contributed by atoms with E-state index in [-0.39, 0.29) is 11.6 Å². The monoisotopic (exact) mass is 532 g/mol. The van der Waals surface area contributed by atoms with Crippen molar-refractivity contribution < 1.29 is 18.7 Å². The van der Waals surface area contributed by atoms with Gasteiger partial charge < -0.3 is 13.9 Å². The molecule has 154 valence electrons. The molecule has 5 nitrogen and oxygen atoms in total. The summed E-state index contributed by atoms with van der Waals surface area (Å²) >= 11 is 6.74. The number of alkyl halides is 1. The number of hydrogen-bond acceptors (Lipinski definition) is 5. The normalized spacial score (nSPS) is 10.4. The van der Waals surface area contributed by atoms with E-state index in [2.05, 4.69) is 31.9 Å². The quantitative estimate of drug-likeness (QED) is 0.135. The molecule has 7 heteroatoms. The molecule has 0 amide bonds.